The van der Waals surface area contributed by atoms with Crippen LogP contribution in [0, 0.1) is 10.1 Å². The predicted octanol–water partition coefficient (Wildman–Crippen LogP) is 2.88. The molecule has 0 radical (unpaired) electrons. The Morgan fingerprint density at radius 3 is 2.55 bits per heavy atom. The second-order valence-corrected chi connectivity index (χ2v) is 5.08. The van der Waals surface area contributed by atoms with Gasteiger partial charge in [0.2, 0.25) is 0 Å². The number of hydrogen-bond donors (Lipinski definition) is 1. The van der Waals surface area contributed by atoms with Crippen molar-refractivity contribution in [2.75, 3.05) is 7.05 Å². The fraction of sp³-hybridized carbons (Fsp3) is 0.333. The summed E-state index contributed by atoms with van der Waals surface area (Å²) in [6.07, 6.45) is 2.14. The van der Waals surface area contributed by atoms with E-state index in [1.54, 1.807) is 18.2 Å². The van der Waals surface area contributed by atoms with E-state index >= 15 is 0 Å². The van der Waals surface area contributed by atoms with E-state index < -0.39 is 0 Å². The normalized spacial score (nSPS) is 21.4. The smallest absolute Gasteiger partial charge is 0.277 e. The summed E-state index contributed by atoms with van der Waals surface area (Å²) in [4.78, 5) is 10.7. The Bertz CT molecular complexity index is 651. The van der Waals surface area contributed by atoms with Gasteiger partial charge in [-0.05, 0) is 32.0 Å². The van der Waals surface area contributed by atoms with Gasteiger partial charge in [-0.25, -0.2) is 0 Å². The molecule has 1 aliphatic carbocycles. The lowest BCUT2D eigenvalue weighted by Gasteiger charge is -2.35. The molecule has 0 spiro atoms. The Morgan fingerprint density at radius 2 is 1.90 bits per heavy atom. The maximum absolute atomic E-state index is 11.1. The monoisotopic (exact) mass is 272 g/mol. The molecule has 0 heterocycles. The lowest BCUT2D eigenvalue weighted by atomic mass is 9.89. The third-order valence-corrected chi connectivity index (χ3v) is 3.85. The van der Waals surface area contributed by atoms with Gasteiger partial charge in [-0.15, -0.1) is 0 Å². The van der Waals surface area contributed by atoms with E-state index in [1.807, 2.05) is 19.2 Å². The Balaban J connectivity index is 1.92. The summed E-state index contributed by atoms with van der Waals surface area (Å²) in [5.41, 5.74) is 0.120. The number of fused-ring (bicyclic) bond motifs is 1. The van der Waals surface area contributed by atoms with E-state index in [1.165, 1.54) is 6.07 Å². The standard InChI is InChI=1S/C15H16N2O3/c1-16-10-8-11(9-10)20-15-7-6-14(17(18)19)12-4-2-3-5-13(12)15/h2-7,10-11,16H,8-9H2,1H3. The highest BCUT2D eigenvalue weighted by atomic mass is 16.6. The Kier molecular flexibility index (Phi) is 3.28. The minimum absolute atomic E-state index is 0.120. The lowest BCUT2D eigenvalue weighted by molar-refractivity contribution is -0.383. The molecule has 5 heteroatoms. The second-order valence-electron chi connectivity index (χ2n) is 5.08. The molecule has 0 aliphatic heterocycles. The topological polar surface area (TPSA) is 64.4 Å². The number of ether oxygens (including phenoxy) is 1. The van der Waals surface area contributed by atoms with Crippen LogP contribution in [0.2, 0.25) is 0 Å². The van der Waals surface area contributed by atoms with Crippen LogP contribution in [0.4, 0.5) is 5.69 Å². The molecule has 0 amide bonds. The van der Waals surface area contributed by atoms with E-state index in [0.29, 0.717) is 11.4 Å². The summed E-state index contributed by atoms with van der Waals surface area (Å²) in [6, 6.07) is 11.0. The molecule has 20 heavy (non-hydrogen) atoms. The van der Waals surface area contributed by atoms with Crippen molar-refractivity contribution in [2.45, 2.75) is 25.0 Å². The highest BCUT2D eigenvalue weighted by molar-refractivity contribution is 5.95. The zero-order valence-electron chi connectivity index (χ0n) is 11.2. The van der Waals surface area contributed by atoms with Crippen LogP contribution in [-0.2, 0) is 0 Å². The summed E-state index contributed by atoms with van der Waals surface area (Å²) in [5, 5.41) is 15.7. The number of nitro benzene ring substituents is 1. The van der Waals surface area contributed by atoms with Crippen LogP contribution < -0.4 is 10.1 Å². The van der Waals surface area contributed by atoms with Gasteiger partial charge >= 0.3 is 0 Å². The Hall–Kier alpha value is -2.14. The van der Waals surface area contributed by atoms with E-state index in [0.717, 1.165) is 24.0 Å². The van der Waals surface area contributed by atoms with Crippen molar-refractivity contribution < 1.29 is 9.66 Å². The summed E-state index contributed by atoms with van der Waals surface area (Å²) in [5.74, 6) is 0.728. The van der Waals surface area contributed by atoms with Gasteiger partial charge in [0.05, 0.1) is 10.3 Å². The molecule has 0 atom stereocenters. The average molecular weight is 272 g/mol. The third-order valence-electron chi connectivity index (χ3n) is 3.85. The molecule has 1 aliphatic rings. The first kappa shape index (κ1) is 12.9. The van der Waals surface area contributed by atoms with Gasteiger partial charge in [0.1, 0.15) is 11.9 Å². The van der Waals surface area contributed by atoms with Gasteiger partial charge in [0.25, 0.3) is 5.69 Å². The van der Waals surface area contributed by atoms with Crippen LogP contribution in [0.25, 0.3) is 10.8 Å². The predicted molar refractivity (Wildman–Crippen MR) is 77.1 cm³/mol. The first-order chi connectivity index (χ1) is 9.69. The molecule has 104 valence electrons. The molecule has 1 saturated carbocycles. The van der Waals surface area contributed by atoms with Crippen molar-refractivity contribution in [2.24, 2.45) is 0 Å². The Labute approximate surface area is 116 Å². The molecule has 2 aromatic rings. The zero-order valence-corrected chi connectivity index (χ0v) is 11.2. The summed E-state index contributed by atoms with van der Waals surface area (Å²) >= 11 is 0. The number of nitro groups is 1. The van der Waals surface area contributed by atoms with Gasteiger partial charge in [0.15, 0.2) is 0 Å². The van der Waals surface area contributed by atoms with E-state index in [2.05, 4.69) is 5.32 Å². The van der Waals surface area contributed by atoms with Crippen LogP contribution in [0.3, 0.4) is 0 Å². The number of benzene rings is 2. The molecule has 0 saturated heterocycles. The summed E-state index contributed by atoms with van der Waals surface area (Å²) < 4.78 is 5.97. The number of nitrogens with zero attached hydrogens (tertiary/aromatic N) is 1. The van der Waals surface area contributed by atoms with Gasteiger partial charge in [0, 0.05) is 17.5 Å². The van der Waals surface area contributed by atoms with Crippen LogP contribution in [0.1, 0.15) is 12.8 Å². The average Bonchev–Trinajstić information content (AvgIpc) is 2.41. The molecular formula is C15H16N2O3. The van der Waals surface area contributed by atoms with Gasteiger partial charge in [-0.2, -0.15) is 0 Å². The minimum Gasteiger partial charge on any atom is -0.490 e. The van der Waals surface area contributed by atoms with E-state index in [-0.39, 0.29) is 16.7 Å². The number of hydrogen-bond acceptors (Lipinski definition) is 4. The fourth-order valence-electron chi connectivity index (χ4n) is 2.59. The van der Waals surface area contributed by atoms with Gasteiger partial charge in [-0.3, -0.25) is 10.1 Å². The fourth-order valence-corrected chi connectivity index (χ4v) is 2.59. The first-order valence-corrected chi connectivity index (χ1v) is 6.69. The molecule has 1 N–H and O–H groups in total. The quantitative estimate of drug-likeness (QED) is 0.686. The largest absolute Gasteiger partial charge is 0.490 e. The SMILES string of the molecule is CNC1CC(Oc2ccc([N+](=O)[O-])c3ccccc23)C1. The maximum Gasteiger partial charge on any atom is 0.277 e. The van der Waals surface area contributed by atoms with Crippen molar-refractivity contribution in [3.8, 4) is 5.75 Å². The van der Waals surface area contributed by atoms with Crippen LogP contribution in [-0.4, -0.2) is 24.1 Å². The molecule has 3 rings (SSSR count). The maximum atomic E-state index is 11.1. The molecule has 0 bridgehead atoms. The number of rotatable bonds is 4. The molecule has 1 fully saturated rings. The van der Waals surface area contributed by atoms with Gasteiger partial charge in [-0.1, -0.05) is 18.2 Å². The summed E-state index contributed by atoms with van der Waals surface area (Å²) in [7, 11) is 1.95. The number of nitrogens with one attached hydrogen (secondary N) is 1. The van der Waals surface area contributed by atoms with Crippen LogP contribution in [0.15, 0.2) is 36.4 Å². The zero-order chi connectivity index (χ0) is 14.1. The van der Waals surface area contributed by atoms with Gasteiger partial charge < -0.3 is 10.1 Å². The molecule has 0 aromatic heterocycles. The lowest BCUT2D eigenvalue weighted by Crippen LogP contribution is -2.45. The number of non-ortho nitro benzene ring substituents is 1. The Morgan fingerprint density at radius 1 is 1.20 bits per heavy atom. The molecule has 5 nitrogen and oxygen atoms in total. The second kappa shape index (κ2) is 5.09. The van der Waals surface area contributed by atoms with E-state index in [9.17, 15) is 10.1 Å². The van der Waals surface area contributed by atoms with Crippen molar-refractivity contribution in [3.05, 3.63) is 46.5 Å². The highest BCUT2D eigenvalue weighted by Crippen LogP contribution is 2.35. The third kappa shape index (κ3) is 2.20. The molecule has 0 unspecified atom stereocenters. The van der Waals surface area contributed by atoms with E-state index in [4.69, 9.17) is 4.74 Å². The van der Waals surface area contributed by atoms with Crippen LogP contribution in [0.5, 0.6) is 5.75 Å². The molecule has 2 aromatic carbocycles. The summed E-state index contributed by atoms with van der Waals surface area (Å²) in [6.45, 7) is 0. The first-order valence-electron chi connectivity index (χ1n) is 6.69. The highest BCUT2D eigenvalue weighted by Gasteiger charge is 2.30. The minimum atomic E-state index is -0.355. The van der Waals surface area contributed by atoms with Crippen molar-refractivity contribution in [1.29, 1.82) is 0 Å². The van der Waals surface area contributed by atoms with Crippen LogP contribution >= 0.6 is 0 Å². The van der Waals surface area contributed by atoms with Crippen molar-refractivity contribution in [3.63, 3.8) is 0 Å². The van der Waals surface area contributed by atoms with Crippen molar-refractivity contribution >= 4 is 16.5 Å². The van der Waals surface area contributed by atoms with Crippen molar-refractivity contribution in [1.82, 2.24) is 5.32 Å². The molecular weight excluding hydrogens is 256 g/mol.